The van der Waals surface area contributed by atoms with Crippen molar-refractivity contribution in [3.63, 3.8) is 0 Å². The zero-order chi connectivity index (χ0) is 17.0. The Hall–Kier alpha value is -0.474. The Labute approximate surface area is 168 Å². The van der Waals surface area contributed by atoms with Gasteiger partial charge in [-0.15, -0.1) is 0 Å². The molecule has 0 unspecified atom stereocenters. The molecule has 0 saturated heterocycles. The van der Waals surface area contributed by atoms with Crippen LogP contribution in [0.1, 0.15) is 113 Å². The van der Waals surface area contributed by atoms with Gasteiger partial charge in [0.1, 0.15) is 0 Å². The molecular formula is C19H38MgN2O2. The number of unbranched alkanes of at least 4 members (excludes halogenated alkanes) is 14. The molecule has 24 heavy (non-hydrogen) atoms. The minimum Gasteiger partial charge on any atom is -1.00 e. The van der Waals surface area contributed by atoms with Gasteiger partial charge < -0.3 is 7.69 Å². The van der Waals surface area contributed by atoms with E-state index in [9.17, 15) is 4.79 Å². The van der Waals surface area contributed by atoms with Crippen LogP contribution in [0.5, 0.6) is 0 Å². The maximum atomic E-state index is 11.1. The Morgan fingerprint density at radius 2 is 1.21 bits per heavy atom. The number of carbonyl (C=O) groups excluding carboxylic acids is 1. The Morgan fingerprint density at radius 3 is 1.58 bits per heavy atom. The molecule has 0 saturated carbocycles. The summed E-state index contributed by atoms with van der Waals surface area (Å²) in [7, 11) is 0. The molecule has 0 rings (SSSR count). The van der Waals surface area contributed by atoms with E-state index in [0.717, 1.165) is 12.8 Å². The van der Waals surface area contributed by atoms with Gasteiger partial charge in [-0.2, -0.15) is 10.7 Å². The third kappa shape index (κ3) is 21.5. The van der Waals surface area contributed by atoms with E-state index in [-0.39, 0.29) is 31.9 Å². The largest absolute Gasteiger partial charge is 2.00 e. The number of nitriles is 1. The first-order chi connectivity index (χ1) is 11.3. The van der Waals surface area contributed by atoms with E-state index in [0.29, 0.717) is 6.42 Å². The van der Waals surface area contributed by atoms with Crippen molar-refractivity contribution in [1.82, 2.24) is 5.48 Å². The van der Waals surface area contributed by atoms with Crippen LogP contribution in [-0.4, -0.2) is 29.0 Å². The van der Waals surface area contributed by atoms with E-state index >= 15 is 0 Å². The average Bonchev–Trinajstić information content (AvgIpc) is 2.56. The first kappa shape index (κ1) is 25.8. The fraction of sp³-hybridized carbons (Fsp3) is 0.895. The van der Waals surface area contributed by atoms with Crippen LogP contribution in [0.15, 0.2) is 0 Å². The standard InChI is InChI=1S/C19H36N2O2.Mg.2H/c1-2-3-4-5-6-7-8-9-10-11-12-13-14-15-16-17-19(22)23-21-18-20;;;/h21H,2-17H2,1H3;;;/q;+2;2*-1. The molecule has 0 aromatic rings. The summed E-state index contributed by atoms with van der Waals surface area (Å²) in [4.78, 5) is 15.6. The summed E-state index contributed by atoms with van der Waals surface area (Å²) in [6, 6.07) is 0. The zero-order valence-corrected chi connectivity index (χ0v) is 17.2. The summed E-state index contributed by atoms with van der Waals surface area (Å²) in [6.07, 6.45) is 21.6. The van der Waals surface area contributed by atoms with Crippen LogP contribution >= 0.6 is 0 Å². The molecule has 1 N–H and O–H groups in total. The molecular weight excluding hydrogens is 313 g/mol. The van der Waals surface area contributed by atoms with Gasteiger partial charge in [0.2, 0.25) is 6.19 Å². The molecule has 0 spiro atoms. The first-order valence-corrected chi connectivity index (χ1v) is 9.65. The van der Waals surface area contributed by atoms with Crippen LogP contribution in [0.2, 0.25) is 0 Å². The number of hydroxylamine groups is 1. The smallest absolute Gasteiger partial charge is 1.00 e. The molecule has 0 atom stereocenters. The zero-order valence-electron chi connectivity index (χ0n) is 17.8. The molecule has 0 amide bonds. The van der Waals surface area contributed by atoms with Gasteiger partial charge >= 0.3 is 29.0 Å². The molecule has 0 aliphatic rings. The normalized spacial score (nSPS) is 9.83. The Balaban J connectivity index is -0.000000807. The van der Waals surface area contributed by atoms with E-state index in [2.05, 4.69) is 11.8 Å². The van der Waals surface area contributed by atoms with Crippen LogP contribution in [0, 0.1) is 11.5 Å². The van der Waals surface area contributed by atoms with Crippen molar-refractivity contribution in [2.75, 3.05) is 0 Å². The fourth-order valence-corrected chi connectivity index (χ4v) is 2.77. The summed E-state index contributed by atoms with van der Waals surface area (Å²) in [5.74, 6) is -0.346. The molecule has 5 heteroatoms. The number of carbonyl (C=O) groups is 1. The fourth-order valence-electron chi connectivity index (χ4n) is 2.77. The van der Waals surface area contributed by atoms with Crippen LogP contribution < -0.4 is 5.48 Å². The molecule has 0 aromatic heterocycles. The predicted molar refractivity (Wildman–Crippen MR) is 102 cm³/mol. The van der Waals surface area contributed by atoms with E-state index in [1.54, 1.807) is 6.19 Å². The molecule has 0 radical (unpaired) electrons. The minimum atomic E-state index is -0.346. The second kappa shape index (κ2) is 22.5. The number of nitrogens with one attached hydrogen (secondary N) is 1. The van der Waals surface area contributed by atoms with E-state index in [4.69, 9.17) is 5.26 Å². The van der Waals surface area contributed by atoms with Gasteiger partial charge in [-0.25, -0.2) is 4.79 Å². The van der Waals surface area contributed by atoms with Gasteiger partial charge in [-0.1, -0.05) is 96.8 Å². The van der Waals surface area contributed by atoms with Gasteiger partial charge in [0.05, 0.1) is 0 Å². The Kier molecular flexibility index (Phi) is 24.2. The van der Waals surface area contributed by atoms with Crippen LogP contribution in [0.4, 0.5) is 0 Å². The van der Waals surface area contributed by atoms with E-state index in [1.165, 1.54) is 83.5 Å². The molecule has 0 aromatic carbocycles. The second-order valence-electron chi connectivity index (χ2n) is 6.39. The monoisotopic (exact) mass is 350 g/mol. The molecule has 0 aliphatic heterocycles. The van der Waals surface area contributed by atoms with Crippen molar-refractivity contribution in [3.8, 4) is 6.19 Å². The molecule has 0 fully saturated rings. The van der Waals surface area contributed by atoms with Crippen LogP contribution in [0.3, 0.4) is 0 Å². The molecule has 0 heterocycles. The number of rotatable bonds is 17. The predicted octanol–water partition coefficient (Wildman–Crippen LogP) is 5.62. The quantitative estimate of drug-likeness (QED) is 0.121. The van der Waals surface area contributed by atoms with Crippen molar-refractivity contribution in [2.24, 2.45) is 0 Å². The topological polar surface area (TPSA) is 62.1 Å². The minimum absolute atomic E-state index is 0. The van der Waals surface area contributed by atoms with E-state index < -0.39 is 0 Å². The molecule has 138 valence electrons. The van der Waals surface area contributed by atoms with E-state index in [1.807, 2.05) is 5.48 Å². The van der Waals surface area contributed by atoms with Gasteiger partial charge in [-0.05, 0) is 6.42 Å². The SMILES string of the molecule is CCCCCCCCCCCCCCCCCC(=O)ONC#N.[H-].[H-].[Mg+2]. The van der Waals surface area contributed by atoms with Gasteiger partial charge in [-0.3, -0.25) is 0 Å². The maximum Gasteiger partial charge on any atom is 2.00 e. The third-order valence-corrected chi connectivity index (χ3v) is 4.19. The van der Waals surface area contributed by atoms with Crippen molar-refractivity contribution in [3.05, 3.63) is 0 Å². The maximum absolute atomic E-state index is 11.1. The Morgan fingerprint density at radius 1 is 0.833 bits per heavy atom. The molecule has 0 aliphatic carbocycles. The van der Waals surface area contributed by atoms with Gasteiger partial charge in [0.15, 0.2) is 0 Å². The molecule has 0 bridgehead atoms. The Bertz CT molecular complexity index is 316. The molecule has 4 nitrogen and oxygen atoms in total. The number of hydrogen-bond donors (Lipinski definition) is 1. The van der Waals surface area contributed by atoms with Gasteiger partial charge in [0, 0.05) is 6.42 Å². The summed E-state index contributed by atoms with van der Waals surface area (Å²) in [5.41, 5.74) is 1.91. The number of hydrogen-bond acceptors (Lipinski definition) is 4. The summed E-state index contributed by atoms with van der Waals surface area (Å²) >= 11 is 0. The first-order valence-electron chi connectivity index (χ1n) is 9.65. The van der Waals surface area contributed by atoms with Gasteiger partial charge in [0.25, 0.3) is 0 Å². The average molecular weight is 351 g/mol. The van der Waals surface area contributed by atoms with Crippen LogP contribution in [-0.2, 0) is 9.63 Å². The third-order valence-electron chi connectivity index (χ3n) is 4.19. The number of nitrogens with zero attached hydrogens (tertiary/aromatic N) is 1. The van der Waals surface area contributed by atoms with Crippen molar-refractivity contribution < 1.29 is 12.5 Å². The van der Waals surface area contributed by atoms with Crippen molar-refractivity contribution in [1.29, 1.82) is 5.26 Å². The summed E-state index contributed by atoms with van der Waals surface area (Å²) in [5, 5.41) is 8.18. The van der Waals surface area contributed by atoms with Crippen molar-refractivity contribution >= 4 is 29.0 Å². The van der Waals surface area contributed by atoms with Crippen LogP contribution in [0.25, 0.3) is 0 Å². The summed E-state index contributed by atoms with van der Waals surface area (Å²) < 4.78 is 0. The van der Waals surface area contributed by atoms with Crippen molar-refractivity contribution in [2.45, 2.75) is 110 Å². The second-order valence-corrected chi connectivity index (χ2v) is 6.39. The summed E-state index contributed by atoms with van der Waals surface area (Å²) in [6.45, 7) is 2.27.